The summed E-state index contributed by atoms with van der Waals surface area (Å²) in [5.74, 6) is 0.628. The van der Waals surface area contributed by atoms with Crippen LogP contribution in [0.3, 0.4) is 0 Å². The normalized spacial score (nSPS) is 11.8. The summed E-state index contributed by atoms with van der Waals surface area (Å²) in [5.41, 5.74) is 7.16. The number of nitrogens with one attached hydrogen (secondary N) is 1. The molecule has 0 spiro atoms. The van der Waals surface area contributed by atoms with E-state index in [2.05, 4.69) is 5.32 Å². The molecule has 1 atom stereocenters. The molecule has 1 amide bonds. The molecule has 100 valence electrons. The van der Waals surface area contributed by atoms with Crippen LogP contribution in [0.1, 0.15) is 13.8 Å². The molecule has 0 saturated heterocycles. The number of para-hydroxylation sites is 1. The lowest BCUT2D eigenvalue weighted by atomic mass is 10.2. The third-order valence-corrected chi connectivity index (χ3v) is 2.88. The molecule has 1 aromatic rings. The number of methoxy groups -OCH3 is 1. The van der Waals surface area contributed by atoms with Crippen molar-refractivity contribution in [3.05, 3.63) is 18.2 Å². The van der Waals surface area contributed by atoms with Gasteiger partial charge in [0.25, 0.3) is 0 Å². The van der Waals surface area contributed by atoms with Crippen molar-refractivity contribution in [1.82, 2.24) is 4.90 Å². The van der Waals surface area contributed by atoms with Crippen molar-refractivity contribution in [2.75, 3.05) is 31.8 Å². The lowest BCUT2D eigenvalue weighted by Gasteiger charge is -2.22. The van der Waals surface area contributed by atoms with Gasteiger partial charge in [-0.2, -0.15) is 0 Å². The van der Waals surface area contributed by atoms with Crippen molar-refractivity contribution in [3.63, 3.8) is 0 Å². The van der Waals surface area contributed by atoms with Crippen molar-refractivity contribution >= 4 is 17.3 Å². The number of nitrogen functional groups attached to an aromatic ring is 1. The second-order valence-electron chi connectivity index (χ2n) is 4.14. The fraction of sp³-hybridized carbons (Fsp3) is 0.462. The van der Waals surface area contributed by atoms with E-state index in [1.54, 1.807) is 25.1 Å². The van der Waals surface area contributed by atoms with Crippen LogP contribution in [0.4, 0.5) is 11.4 Å². The summed E-state index contributed by atoms with van der Waals surface area (Å²) in [6, 6.07) is 5.11. The van der Waals surface area contributed by atoms with E-state index in [1.165, 1.54) is 0 Å². The molecule has 1 rings (SSSR count). The van der Waals surface area contributed by atoms with Gasteiger partial charge in [0.2, 0.25) is 5.91 Å². The lowest BCUT2D eigenvalue weighted by Crippen LogP contribution is -2.38. The summed E-state index contributed by atoms with van der Waals surface area (Å²) in [4.78, 5) is 13.6. The average molecular weight is 251 g/mol. The Morgan fingerprint density at radius 2 is 2.22 bits per heavy atom. The molecule has 0 saturated carbocycles. The van der Waals surface area contributed by atoms with Crippen molar-refractivity contribution in [3.8, 4) is 5.75 Å². The SMILES string of the molecule is CCN(C)C(=O)C(C)Nc1cccc(OC)c1N. The van der Waals surface area contributed by atoms with Gasteiger partial charge in [-0.15, -0.1) is 0 Å². The number of benzene rings is 1. The number of likely N-dealkylation sites (N-methyl/N-ethyl adjacent to an activating group) is 1. The fourth-order valence-corrected chi connectivity index (χ4v) is 1.63. The molecular weight excluding hydrogens is 230 g/mol. The standard InChI is InChI=1S/C13H21N3O2/c1-5-16(3)13(17)9(2)15-10-7-6-8-11(18-4)12(10)14/h6-9,15H,5,14H2,1-4H3. The summed E-state index contributed by atoms with van der Waals surface area (Å²) >= 11 is 0. The maximum atomic E-state index is 11.9. The Labute approximate surface area is 108 Å². The van der Waals surface area contributed by atoms with Gasteiger partial charge in [-0.3, -0.25) is 4.79 Å². The Bertz CT molecular complexity index is 421. The van der Waals surface area contributed by atoms with Crippen LogP contribution in [-0.2, 0) is 4.79 Å². The maximum absolute atomic E-state index is 11.9. The number of amides is 1. The molecule has 0 aliphatic heterocycles. The van der Waals surface area contributed by atoms with Crippen molar-refractivity contribution < 1.29 is 9.53 Å². The van der Waals surface area contributed by atoms with Crippen LogP contribution in [0, 0.1) is 0 Å². The highest BCUT2D eigenvalue weighted by Crippen LogP contribution is 2.29. The number of hydrogen-bond acceptors (Lipinski definition) is 4. The zero-order valence-electron chi connectivity index (χ0n) is 11.4. The summed E-state index contributed by atoms with van der Waals surface area (Å²) in [6.45, 7) is 4.43. The Kier molecular flexibility index (Phi) is 4.83. The molecule has 1 unspecified atom stereocenters. The van der Waals surface area contributed by atoms with E-state index in [0.29, 0.717) is 23.7 Å². The molecule has 0 heterocycles. The molecule has 0 bridgehead atoms. The van der Waals surface area contributed by atoms with Gasteiger partial charge in [0.05, 0.1) is 18.5 Å². The number of carbonyl (C=O) groups is 1. The fourth-order valence-electron chi connectivity index (χ4n) is 1.63. The summed E-state index contributed by atoms with van der Waals surface area (Å²) in [7, 11) is 3.34. The number of nitrogens with zero attached hydrogens (tertiary/aromatic N) is 1. The second-order valence-corrected chi connectivity index (χ2v) is 4.14. The van der Waals surface area contributed by atoms with Crippen LogP contribution >= 0.6 is 0 Å². The van der Waals surface area contributed by atoms with Gasteiger partial charge in [0, 0.05) is 13.6 Å². The molecular formula is C13H21N3O2. The first-order valence-electron chi connectivity index (χ1n) is 5.95. The van der Waals surface area contributed by atoms with Gasteiger partial charge in [0.1, 0.15) is 11.8 Å². The first-order chi connectivity index (χ1) is 8.51. The van der Waals surface area contributed by atoms with E-state index >= 15 is 0 Å². The van der Waals surface area contributed by atoms with Crippen LogP contribution in [0.15, 0.2) is 18.2 Å². The summed E-state index contributed by atoms with van der Waals surface area (Å²) in [6.07, 6.45) is 0. The van der Waals surface area contributed by atoms with Crippen LogP contribution in [0.2, 0.25) is 0 Å². The summed E-state index contributed by atoms with van der Waals surface area (Å²) in [5, 5.41) is 3.10. The number of anilines is 2. The number of rotatable bonds is 5. The van der Waals surface area contributed by atoms with Gasteiger partial charge in [-0.1, -0.05) is 6.07 Å². The molecule has 0 radical (unpaired) electrons. The van der Waals surface area contributed by atoms with Gasteiger partial charge < -0.3 is 20.7 Å². The lowest BCUT2D eigenvalue weighted by molar-refractivity contribution is -0.130. The first kappa shape index (κ1) is 14.2. The average Bonchev–Trinajstić information content (AvgIpc) is 2.39. The van der Waals surface area contributed by atoms with E-state index < -0.39 is 0 Å². The minimum atomic E-state index is -0.329. The molecule has 18 heavy (non-hydrogen) atoms. The van der Waals surface area contributed by atoms with Crippen LogP contribution in [0.5, 0.6) is 5.75 Å². The molecule has 5 nitrogen and oxygen atoms in total. The molecule has 3 N–H and O–H groups in total. The molecule has 0 aliphatic carbocycles. The number of carbonyl (C=O) groups excluding carboxylic acids is 1. The monoisotopic (exact) mass is 251 g/mol. The van der Waals surface area contributed by atoms with Gasteiger partial charge in [-0.05, 0) is 26.0 Å². The predicted molar refractivity (Wildman–Crippen MR) is 73.8 cm³/mol. The Balaban J connectivity index is 2.82. The number of nitrogens with two attached hydrogens (primary N) is 1. The Hall–Kier alpha value is -1.91. The van der Waals surface area contributed by atoms with E-state index in [9.17, 15) is 4.79 Å². The van der Waals surface area contributed by atoms with Gasteiger partial charge in [0.15, 0.2) is 0 Å². The smallest absolute Gasteiger partial charge is 0.244 e. The van der Waals surface area contributed by atoms with E-state index in [1.807, 2.05) is 26.0 Å². The van der Waals surface area contributed by atoms with Crippen LogP contribution < -0.4 is 15.8 Å². The molecule has 5 heteroatoms. The number of ether oxygens (including phenoxy) is 1. The predicted octanol–water partition coefficient (Wildman–Crippen LogP) is 1.56. The minimum Gasteiger partial charge on any atom is -0.495 e. The highest BCUT2D eigenvalue weighted by Gasteiger charge is 2.17. The topological polar surface area (TPSA) is 67.6 Å². The minimum absolute atomic E-state index is 0.0275. The van der Waals surface area contributed by atoms with E-state index in [0.717, 1.165) is 0 Å². The third kappa shape index (κ3) is 3.06. The Morgan fingerprint density at radius 1 is 1.56 bits per heavy atom. The zero-order valence-corrected chi connectivity index (χ0v) is 11.4. The first-order valence-corrected chi connectivity index (χ1v) is 5.95. The van der Waals surface area contributed by atoms with Crippen molar-refractivity contribution in [2.24, 2.45) is 0 Å². The second kappa shape index (κ2) is 6.14. The zero-order chi connectivity index (χ0) is 13.7. The van der Waals surface area contributed by atoms with Crippen molar-refractivity contribution in [2.45, 2.75) is 19.9 Å². The highest BCUT2D eigenvalue weighted by molar-refractivity contribution is 5.86. The maximum Gasteiger partial charge on any atom is 0.244 e. The van der Waals surface area contributed by atoms with Crippen LogP contribution in [0.25, 0.3) is 0 Å². The largest absolute Gasteiger partial charge is 0.495 e. The van der Waals surface area contributed by atoms with Gasteiger partial charge in [-0.25, -0.2) is 0 Å². The van der Waals surface area contributed by atoms with E-state index in [4.69, 9.17) is 10.5 Å². The summed E-state index contributed by atoms with van der Waals surface area (Å²) < 4.78 is 5.14. The van der Waals surface area contributed by atoms with Crippen LogP contribution in [-0.4, -0.2) is 37.6 Å². The quantitative estimate of drug-likeness (QED) is 0.779. The molecule has 0 aromatic heterocycles. The van der Waals surface area contributed by atoms with Crippen molar-refractivity contribution in [1.29, 1.82) is 0 Å². The molecule has 0 aliphatic rings. The Morgan fingerprint density at radius 3 is 2.78 bits per heavy atom. The molecule has 1 aromatic carbocycles. The van der Waals surface area contributed by atoms with E-state index in [-0.39, 0.29) is 11.9 Å². The van der Waals surface area contributed by atoms with Gasteiger partial charge >= 0.3 is 0 Å². The highest BCUT2D eigenvalue weighted by atomic mass is 16.5. The molecule has 0 fully saturated rings. The third-order valence-electron chi connectivity index (χ3n) is 2.88. The number of hydrogen-bond donors (Lipinski definition) is 2.